The van der Waals surface area contributed by atoms with E-state index in [4.69, 9.17) is 4.42 Å². The second-order valence-electron chi connectivity index (χ2n) is 8.07. The molecule has 150 valence electrons. The monoisotopic (exact) mass is 404 g/mol. The lowest BCUT2D eigenvalue weighted by Gasteiger charge is -2.09. The van der Waals surface area contributed by atoms with Gasteiger partial charge in [0.2, 0.25) is 0 Å². The van der Waals surface area contributed by atoms with Gasteiger partial charge in [-0.3, -0.25) is 0 Å². The maximum atomic E-state index is 5.78. The quantitative estimate of drug-likeness (QED) is 0.330. The van der Waals surface area contributed by atoms with Crippen molar-refractivity contribution < 1.29 is 8.98 Å². The van der Waals surface area contributed by atoms with Crippen LogP contribution in [-0.2, 0) is 7.05 Å². The Balaban J connectivity index is 1.78. The average molecular weight is 404 g/mol. The lowest BCUT2D eigenvalue weighted by molar-refractivity contribution is -0.633. The number of hydrogen-bond acceptors (Lipinski definition) is 2. The van der Waals surface area contributed by atoms with E-state index >= 15 is 0 Å². The van der Waals surface area contributed by atoms with Crippen LogP contribution in [0.1, 0.15) is 11.5 Å². The number of aryl methyl sites for hydroxylation is 3. The standard InChI is InChI=1S/C27H22N3O/c1-17-15-26-22(28-18(2)31-26)16-21(17)27-29(3)24-12-6-7-13-25(24)30(27)23-14-8-10-19-9-4-5-11-20(19)23/h4-16H,1-3H3/q+1. The number of oxazole rings is 1. The van der Waals surface area contributed by atoms with Gasteiger partial charge in [0.05, 0.1) is 12.6 Å². The van der Waals surface area contributed by atoms with E-state index in [1.165, 1.54) is 27.5 Å². The van der Waals surface area contributed by atoms with Gasteiger partial charge in [0.15, 0.2) is 22.5 Å². The van der Waals surface area contributed by atoms with Crippen LogP contribution in [-0.4, -0.2) is 9.55 Å². The zero-order valence-corrected chi connectivity index (χ0v) is 17.8. The molecule has 2 heterocycles. The van der Waals surface area contributed by atoms with Crippen LogP contribution in [0.25, 0.3) is 50.0 Å². The van der Waals surface area contributed by atoms with Crippen molar-refractivity contribution in [2.24, 2.45) is 7.05 Å². The van der Waals surface area contributed by atoms with Gasteiger partial charge in [0.25, 0.3) is 5.82 Å². The van der Waals surface area contributed by atoms with E-state index in [0.29, 0.717) is 5.89 Å². The Kier molecular flexibility index (Phi) is 3.78. The fourth-order valence-electron chi connectivity index (χ4n) is 4.69. The number of para-hydroxylation sites is 2. The molecule has 0 radical (unpaired) electrons. The van der Waals surface area contributed by atoms with Crippen molar-refractivity contribution >= 4 is 32.9 Å². The predicted octanol–water partition coefficient (Wildman–Crippen LogP) is 6.03. The Labute approximate surface area is 180 Å². The fraction of sp³-hybridized carbons (Fsp3) is 0.111. The normalized spacial score (nSPS) is 11.7. The molecule has 4 heteroatoms. The van der Waals surface area contributed by atoms with Crippen LogP contribution in [0, 0.1) is 13.8 Å². The molecule has 2 aromatic heterocycles. The first-order chi connectivity index (χ1) is 15.1. The molecule has 0 aliphatic heterocycles. The second-order valence-corrected chi connectivity index (χ2v) is 8.07. The lowest BCUT2D eigenvalue weighted by Crippen LogP contribution is -2.30. The molecule has 0 saturated heterocycles. The number of nitrogens with zero attached hydrogens (tertiary/aromatic N) is 3. The number of hydrogen-bond donors (Lipinski definition) is 0. The maximum absolute atomic E-state index is 5.78. The highest BCUT2D eigenvalue weighted by atomic mass is 16.3. The minimum Gasteiger partial charge on any atom is -0.441 e. The minimum atomic E-state index is 0.686. The third-order valence-electron chi connectivity index (χ3n) is 6.10. The second kappa shape index (κ2) is 6.54. The molecule has 0 aliphatic carbocycles. The Morgan fingerprint density at radius 1 is 0.871 bits per heavy atom. The highest BCUT2D eigenvalue weighted by Gasteiger charge is 2.28. The summed E-state index contributed by atoms with van der Waals surface area (Å²) in [6, 6.07) is 27.9. The Hall–Kier alpha value is -3.92. The maximum Gasteiger partial charge on any atom is 0.295 e. The summed E-state index contributed by atoms with van der Waals surface area (Å²) in [5.41, 5.74) is 7.53. The molecule has 0 saturated carbocycles. The first kappa shape index (κ1) is 17.9. The van der Waals surface area contributed by atoms with Gasteiger partial charge in [-0.25, -0.2) is 9.55 Å². The summed E-state index contributed by atoms with van der Waals surface area (Å²) in [5.74, 6) is 1.81. The third kappa shape index (κ3) is 2.61. The van der Waals surface area contributed by atoms with Gasteiger partial charge in [-0.05, 0) is 48.2 Å². The van der Waals surface area contributed by atoms with Crippen molar-refractivity contribution in [3.05, 3.63) is 90.3 Å². The molecule has 31 heavy (non-hydrogen) atoms. The highest BCUT2D eigenvalue weighted by Crippen LogP contribution is 2.34. The van der Waals surface area contributed by atoms with E-state index in [1.54, 1.807) is 0 Å². The molecule has 0 amide bonds. The summed E-state index contributed by atoms with van der Waals surface area (Å²) in [7, 11) is 2.14. The van der Waals surface area contributed by atoms with E-state index in [2.05, 4.69) is 107 Å². The molecule has 0 N–H and O–H groups in total. The fourth-order valence-corrected chi connectivity index (χ4v) is 4.69. The Morgan fingerprint density at radius 2 is 1.65 bits per heavy atom. The van der Waals surface area contributed by atoms with Crippen LogP contribution in [0.4, 0.5) is 0 Å². The van der Waals surface area contributed by atoms with E-state index in [0.717, 1.165) is 28.1 Å². The van der Waals surface area contributed by atoms with Crippen LogP contribution in [0.15, 0.2) is 83.3 Å². The zero-order chi connectivity index (χ0) is 21.1. The smallest absolute Gasteiger partial charge is 0.295 e. The van der Waals surface area contributed by atoms with Crippen molar-refractivity contribution in [1.82, 2.24) is 9.55 Å². The molecule has 0 spiro atoms. The zero-order valence-electron chi connectivity index (χ0n) is 17.8. The summed E-state index contributed by atoms with van der Waals surface area (Å²) in [6.07, 6.45) is 0. The van der Waals surface area contributed by atoms with Gasteiger partial charge in [-0.15, -0.1) is 0 Å². The molecular formula is C27H22N3O+. The molecule has 6 rings (SSSR count). The number of fused-ring (bicyclic) bond motifs is 3. The molecule has 4 nitrogen and oxygen atoms in total. The van der Waals surface area contributed by atoms with Crippen LogP contribution in [0.5, 0.6) is 0 Å². The van der Waals surface area contributed by atoms with E-state index in [1.807, 2.05) is 6.92 Å². The molecule has 0 fully saturated rings. The number of benzene rings is 4. The Morgan fingerprint density at radius 3 is 2.55 bits per heavy atom. The van der Waals surface area contributed by atoms with Crippen molar-refractivity contribution in [3.63, 3.8) is 0 Å². The van der Waals surface area contributed by atoms with Crippen LogP contribution < -0.4 is 4.57 Å². The third-order valence-corrected chi connectivity index (χ3v) is 6.10. The largest absolute Gasteiger partial charge is 0.441 e. The van der Waals surface area contributed by atoms with Crippen molar-refractivity contribution in [1.29, 1.82) is 0 Å². The van der Waals surface area contributed by atoms with Gasteiger partial charge in [-0.1, -0.05) is 48.5 Å². The molecule has 0 aliphatic rings. The van der Waals surface area contributed by atoms with Crippen molar-refractivity contribution in [2.45, 2.75) is 13.8 Å². The van der Waals surface area contributed by atoms with Gasteiger partial charge in [0, 0.05) is 12.3 Å². The summed E-state index contributed by atoms with van der Waals surface area (Å²) >= 11 is 0. The molecule has 4 aromatic carbocycles. The van der Waals surface area contributed by atoms with E-state index < -0.39 is 0 Å². The van der Waals surface area contributed by atoms with Gasteiger partial charge in [-0.2, -0.15) is 4.57 Å². The highest BCUT2D eigenvalue weighted by molar-refractivity contribution is 5.93. The topological polar surface area (TPSA) is 34.8 Å². The summed E-state index contributed by atoms with van der Waals surface area (Å²) in [4.78, 5) is 4.59. The first-order valence-electron chi connectivity index (χ1n) is 10.5. The summed E-state index contributed by atoms with van der Waals surface area (Å²) < 4.78 is 10.4. The predicted molar refractivity (Wildman–Crippen MR) is 124 cm³/mol. The van der Waals surface area contributed by atoms with Crippen LogP contribution in [0.3, 0.4) is 0 Å². The summed E-state index contributed by atoms with van der Waals surface area (Å²) in [6.45, 7) is 4.03. The van der Waals surface area contributed by atoms with Gasteiger partial charge in [0.1, 0.15) is 11.2 Å². The lowest BCUT2D eigenvalue weighted by atomic mass is 10.1. The van der Waals surface area contributed by atoms with Gasteiger partial charge < -0.3 is 4.42 Å². The molecule has 6 aromatic rings. The summed E-state index contributed by atoms with van der Waals surface area (Å²) in [5, 5.41) is 2.45. The first-order valence-corrected chi connectivity index (χ1v) is 10.5. The van der Waals surface area contributed by atoms with E-state index in [9.17, 15) is 0 Å². The van der Waals surface area contributed by atoms with Crippen LogP contribution >= 0.6 is 0 Å². The Bertz CT molecular complexity index is 1620. The van der Waals surface area contributed by atoms with Crippen molar-refractivity contribution in [2.75, 3.05) is 0 Å². The van der Waals surface area contributed by atoms with Crippen LogP contribution in [0.2, 0.25) is 0 Å². The van der Waals surface area contributed by atoms with Crippen molar-refractivity contribution in [3.8, 4) is 17.1 Å². The van der Waals surface area contributed by atoms with E-state index in [-0.39, 0.29) is 0 Å². The molecule has 0 unspecified atom stereocenters. The SMILES string of the molecule is Cc1nc2cc(-c3n(-c4cccc5ccccc45)c4ccccc4[n+]3C)c(C)cc2o1. The number of imidazole rings is 1. The minimum absolute atomic E-state index is 0.686. The molecular weight excluding hydrogens is 382 g/mol. The average Bonchev–Trinajstić information content (AvgIpc) is 3.29. The molecule has 0 atom stereocenters. The number of rotatable bonds is 2. The number of aromatic nitrogens is 3. The van der Waals surface area contributed by atoms with Gasteiger partial charge >= 0.3 is 0 Å². The molecule has 0 bridgehead atoms.